The highest BCUT2D eigenvalue weighted by Crippen LogP contribution is 2.20. The van der Waals surface area contributed by atoms with Gasteiger partial charge in [-0.1, -0.05) is 0 Å². The van der Waals surface area contributed by atoms with Crippen molar-refractivity contribution < 1.29 is 9.84 Å². The normalized spacial score (nSPS) is 24.1. The maximum absolute atomic E-state index is 9.18. The minimum absolute atomic E-state index is 0.0313. The Morgan fingerprint density at radius 2 is 2.39 bits per heavy atom. The van der Waals surface area contributed by atoms with E-state index in [-0.39, 0.29) is 18.8 Å². The zero-order valence-electron chi connectivity index (χ0n) is 10.8. The second-order valence-corrected chi connectivity index (χ2v) is 4.43. The van der Waals surface area contributed by atoms with Gasteiger partial charge >= 0.3 is 0 Å². The van der Waals surface area contributed by atoms with Crippen LogP contribution in [-0.4, -0.2) is 53.5 Å². The van der Waals surface area contributed by atoms with Crippen LogP contribution in [0.3, 0.4) is 0 Å². The molecule has 0 aliphatic carbocycles. The van der Waals surface area contributed by atoms with E-state index in [0.29, 0.717) is 13.2 Å². The number of hydrogen-bond acceptors (Lipinski definition) is 6. The molecule has 100 valence electrons. The van der Waals surface area contributed by atoms with Gasteiger partial charge in [0.2, 0.25) is 0 Å². The maximum Gasteiger partial charge on any atom is 0.149 e. The van der Waals surface area contributed by atoms with Crippen LogP contribution in [0, 0.1) is 0 Å². The maximum atomic E-state index is 9.18. The van der Waals surface area contributed by atoms with Crippen LogP contribution in [-0.2, 0) is 4.74 Å². The van der Waals surface area contributed by atoms with E-state index in [2.05, 4.69) is 27.1 Å². The Balaban J connectivity index is 2.15. The van der Waals surface area contributed by atoms with Gasteiger partial charge in [0.1, 0.15) is 11.6 Å². The third-order valence-corrected chi connectivity index (χ3v) is 2.98. The van der Waals surface area contributed by atoms with Gasteiger partial charge in [-0.15, -0.1) is 0 Å². The lowest BCUT2D eigenvalue weighted by Crippen LogP contribution is -2.50. The van der Waals surface area contributed by atoms with Crippen molar-refractivity contribution in [3.63, 3.8) is 0 Å². The smallest absolute Gasteiger partial charge is 0.149 e. The van der Waals surface area contributed by atoms with Crippen LogP contribution in [0.15, 0.2) is 12.4 Å². The molecule has 1 saturated heterocycles. The van der Waals surface area contributed by atoms with Crippen LogP contribution >= 0.6 is 0 Å². The Morgan fingerprint density at radius 3 is 3.11 bits per heavy atom. The van der Waals surface area contributed by atoms with Crippen molar-refractivity contribution in [1.82, 2.24) is 9.97 Å². The summed E-state index contributed by atoms with van der Waals surface area (Å²) in [6.45, 7) is 6.18. The zero-order valence-corrected chi connectivity index (χ0v) is 10.8. The van der Waals surface area contributed by atoms with Crippen LogP contribution in [0.25, 0.3) is 0 Å². The SMILES string of the molecule is CCNc1cncc(N2CC(CO)OCC2C)n1. The molecular weight excluding hydrogens is 232 g/mol. The Hall–Kier alpha value is -1.40. The monoisotopic (exact) mass is 252 g/mol. The van der Waals surface area contributed by atoms with Gasteiger partial charge in [0, 0.05) is 13.1 Å². The van der Waals surface area contributed by atoms with E-state index in [1.807, 2.05) is 6.92 Å². The van der Waals surface area contributed by atoms with Gasteiger partial charge in [-0.25, -0.2) is 4.98 Å². The quantitative estimate of drug-likeness (QED) is 0.813. The Morgan fingerprint density at radius 1 is 1.56 bits per heavy atom. The van der Waals surface area contributed by atoms with Gasteiger partial charge in [0.05, 0.1) is 37.8 Å². The summed E-state index contributed by atoms with van der Waals surface area (Å²) in [5, 5.41) is 12.3. The number of nitrogens with zero attached hydrogens (tertiary/aromatic N) is 3. The summed E-state index contributed by atoms with van der Waals surface area (Å²) in [4.78, 5) is 10.8. The molecule has 2 atom stereocenters. The fourth-order valence-electron chi connectivity index (χ4n) is 2.01. The number of aliphatic hydroxyl groups is 1. The predicted molar refractivity (Wildman–Crippen MR) is 69.8 cm³/mol. The molecule has 0 bridgehead atoms. The molecule has 0 radical (unpaired) electrons. The summed E-state index contributed by atoms with van der Waals surface area (Å²) in [6.07, 6.45) is 3.31. The summed E-state index contributed by atoms with van der Waals surface area (Å²) in [5.74, 6) is 1.59. The standard InChI is InChI=1S/C12H20N4O2/c1-3-14-11-4-13-5-12(15-11)16-6-10(7-17)18-8-9(16)2/h4-5,9-10,17H,3,6-8H2,1-2H3,(H,14,15). The van der Waals surface area contributed by atoms with Gasteiger partial charge in [0.15, 0.2) is 0 Å². The van der Waals surface area contributed by atoms with E-state index in [0.717, 1.165) is 18.2 Å². The Kier molecular flexibility index (Phi) is 4.33. The lowest BCUT2D eigenvalue weighted by molar-refractivity contribution is -0.0105. The van der Waals surface area contributed by atoms with Crippen molar-refractivity contribution in [3.05, 3.63) is 12.4 Å². The summed E-state index contributed by atoms with van der Waals surface area (Å²) < 4.78 is 5.51. The van der Waals surface area contributed by atoms with Gasteiger partial charge < -0.3 is 20.1 Å². The summed E-state index contributed by atoms with van der Waals surface area (Å²) >= 11 is 0. The number of aliphatic hydroxyl groups excluding tert-OH is 1. The third-order valence-electron chi connectivity index (χ3n) is 2.98. The first-order valence-corrected chi connectivity index (χ1v) is 6.29. The van der Waals surface area contributed by atoms with Gasteiger partial charge in [-0.05, 0) is 13.8 Å². The highest BCUT2D eigenvalue weighted by Gasteiger charge is 2.26. The number of anilines is 2. The molecule has 0 amide bonds. The molecule has 1 aliphatic heterocycles. The molecule has 2 heterocycles. The molecule has 1 aromatic rings. The average Bonchev–Trinajstić information content (AvgIpc) is 2.40. The van der Waals surface area contributed by atoms with Gasteiger partial charge in [0.25, 0.3) is 0 Å². The second kappa shape index (κ2) is 5.97. The number of ether oxygens (including phenoxy) is 1. The number of aromatic nitrogens is 2. The minimum atomic E-state index is -0.147. The van der Waals surface area contributed by atoms with Crippen molar-refractivity contribution in [2.24, 2.45) is 0 Å². The molecule has 18 heavy (non-hydrogen) atoms. The molecule has 0 aromatic carbocycles. The first-order chi connectivity index (χ1) is 8.74. The minimum Gasteiger partial charge on any atom is -0.394 e. The largest absolute Gasteiger partial charge is 0.394 e. The van der Waals surface area contributed by atoms with Crippen molar-refractivity contribution in [2.75, 3.05) is 36.5 Å². The third kappa shape index (κ3) is 2.88. The molecule has 2 unspecified atom stereocenters. The Labute approximate surface area is 107 Å². The average molecular weight is 252 g/mol. The molecular formula is C12H20N4O2. The number of hydrogen-bond donors (Lipinski definition) is 2. The van der Waals surface area contributed by atoms with Crippen molar-refractivity contribution in [2.45, 2.75) is 26.0 Å². The number of morpholine rings is 1. The Bertz CT molecular complexity index is 388. The highest BCUT2D eigenvalue weighted by molar-refractivity contribution is 5.45. The molecule has 2 rings (SSSR count). The van der Waals surface area contributed by atoms with Crippen LogP contribution < -0.4 is 10.2 Å². The molecule has 1 fully saturated rings. The fraction of sp³-hybridized carbons (Fsp3) is 0.667. The van der Waals surface area contributed by atoms with E-state index in [1.165, 1.54) is 0 Å². The molecule has 0 saturated carbocycles. The lowest BCUT2D eigenvalue weighted by atomic mass is 10.2. The molecule has 6 nitrogen and oxygen atoms in total. The van der Waals surface area contributed by atoms with Crippen LogP contribution in [0.4, 0.5) is 11.6 Å². The zero-order chi connectivity index (χ0) is 13.0. The van der Waals surface area contributed by atoms with Gasteiger partial charge in [-0.3, -0.25) is 4.98 Å². The van der Waals surface area contributed by atoms with Crippen molar-refractivity contribution >= 4 is 11.6 Å². The van der Waals surface area contributed by atoms with Crippen molar-refractivity contribution in [1.29, 1.82) is 0 Å². The summed E-state index contributed by atoms with van der Waals surface area (Å²) in [5.41, 5.74) is 0. The fourth-order valence-corrected chi connectivity index (χ4v) is 2.01. The predicted octanol–water partition coefficient (Wildman–Crippen LogP) is 0.494. The van der Waals surface area contributed by atoms with E-state index < -0.39 is 0 Å². The van der Waals surface area contributed by atoms with E-state index in [9.17, 15) is 5.11 Å². The first kappa shape index (κ1) is 13.0. The summed E-state index contributed by atoms with van der Waals surface area (Å²) in [7, 11) is 0. The van der Waals surface area contributed by atoms with Crippen LogP contribution in [0.1, 0.15) is 13.8 Å². The van der Waals surface area contributed by atoms with Crippen LogP contribution in [0.2, 0.25) is 0 Å². The van der Waals surface area contributed by atoms with E-state index in [4.69, 9.17) is 4.74 Å². The molecule has 1 aromatic heterocycles. The van der Waals surface area contributed by atoms with Crippen molar-refractivity contribution in [3.8, 4) is 0 Å². The molecule has 6 heteroatoms. The number of nitrogens with one attached hydrogen (secondary N) is 1. The molecule has 2 N–H and O–H groups in total. The van der Waals surface area contributed by atoms with Crippen LogP contribution in [0.5, 0.6) is 0 Å². The topological polar surface area (TPSA) is 70.5 Å². The number of rotatable bonds is 4. The first-order valence-electron chi connectivity index (χ1n) is 6.29. The van der Waals surface area contributed by atoms with E-state index in [1.54, 1.807) is 12.4 Å². The lowest BCUT2D eigenvalue weighted by Gasteiger charge is -2.38. The molecule has 0 spiro atoms. The van der Waals surface area contributed by atoms with Gasteiger partial charge in [-0.2, -0.15) is 0 Å². The highest BCUT2D eigenvalue weighted by atomic mass is 16.5. The van der Waals surface area contributed by atoms with E-state index >= 15 is 0 Å². The second-order valence-electron chi connectivity index (χ2n) is 4.43. The molecule has 1 aliphatic rings. The summed E-state index contributed by atoms with van der Waals surface area (Å²) in [6, 6.07) is 0.235.